The number of rotatable bonds is 8. The molecule has 1 saturated heterocycles. The van der Waals surface area contributed by atoms with E-state index in [-0.39, 0.29) is 0 Å². The molecular weight excluding hydrogens is 328 g/mol. The Labute approximate surface area is 158 Å². The van der Waals surface area contributed by atoms with E-state index >= 15 is 0 Å². The molecular formula is C20H34N4O2. The van der Waals surface area contributed by atoms with E-state index in [0.29, 0.717) is 18.3 Å². The lowest BCUT2D eigenvalue weighted by Crippen LogP contribution is -2.39. The molecule has 2 rings (SSSR count). The third-order valence-electron chi connectivity index (χ3n) is 4.59. The Kier molecular flexibility index (Phi) is 8.54. The normalized spacial score (nSPS) is 16.8. The van der Waals surface area contributed by atoms with Crippen LogP contribution in [0, 0.1) is 5.92 Å². The summed E-state index contributed by atoms with van der Waals surface area (Å²) >= 11 is 0. The number of aliphatic imine (C=N–C) groups is 1. The second-order valence-electron chi connectivity index (χ2n) is 6.84. The Bertz CT molecular complexity index is 571. The molecule has 0 aromatic heterocycles. The van der Waals surface area contributed by atoms with E-state index in [4.69, 9.17) is 9.47 Å². The maximum atomic E-state index is 5.56. The molecule has 0 bridgehead atoms. The van der Waals surface area contributed by atoms with Gasteiger partial charge in [0.05, 0.1) is 13.7 Å². The summed E-state index contributed by atoms with van der Waals surface area (Å²) < 4.78 is 11.0. The van der Waals surface area contributed by atoms with Crippen molar-refractivity contribution in [3.05, 3.63) is 18.2 Å². The van der Waals surface area contributed by atoms with Crippen LogP contribution in [0.2, 0.25) is 0 Å². The summed E-state index contributed by atoms with van der Waals surface area (Å²) in [4.78, 5) is 6.90. The molecule has 1 atom stereocenters. The van der Waals surface area contributed by atoms with Crippen molar-refractivity contribution >= 4 is 11.6 Å². The standard InChI is InChI=1S/C20H34N4O2/c1-5-26-18-10-9-17(13-19(18)25-4)23-20(21-3)22-14-16(2)15-24-11-7-6-8-12-24/h9-10,13,16H,5-8,11-12,14-15H2,1-4H3,(H2,21,22,23). The number of benzene rings is 1. The van der Waals surface area contributed by atoms with Crippen LogP contribution in [0.4, 0.5) is 5.69 Å². The van der Waals surface area contributed by atoms with Crippen LogP contribution in [0.25, 0.3) is 0 Å². The number of nitrogens with zero attached hydrogens (tertiary/aromatic N) is 2. The van der Waals surface area contributed by atoms with Crippen molar-refractivity contribution in [2.45, 2.75) is 33.1 Å². The second-order valence-corrected chi connectivity index (χ2v) is 6.84. The first kappa shape index (κ1) is 20.4. The number of guanidine groups is 1. The van der Waals surface area contributed by atoms with Crippen LogP contribution < -0.4 is 20.1 Å². The maximum Gasteiger partial charge on any atom is 0.195 e. The van der Waals surface area contributed by atoms with Crippen LogP contribution in [0.15, 0.2) is 23.2 Å². The molecule has 1 aliphatic heterocycles. The number of ether oxygens (including phenoxy) is 2. The summed E-state index contributed by atoms with van der Waals surface area (Å²) in [6.45, 7) is 9.37. The molecule has 1 aromatic rings. The van der Waals surface area contributed by atoms with Gasteiger partial charge in [-0.05, 0) is 50.9 Å². The molecule has 6 heteroatoms. The van der Waals surface area contributed by atoms with Crippen molar-refractivity contribution in [3.8, 4) is 11.5 Å². The van der Waals surface area contributed by atoms with Gasteiger partial charge in [-0.2, -0.15) is 0 Å². The fraction of sp³-hybridized carbons (Fsp3) is 0.650. The van der Waals surface area contributed by atoms with E-state index in [2.05, 4.69) is 27.4 Å². The second kappa shape index (κ2) is 10.9. The number of methoxy groups -OCH3 is 1. The fourth-order valence-electron chi connectivity index (χ4n) is 3.25. The molecule has 0 radical (unpaired) electrons. The maximum absolute atomic E-state index is 5.56. The molecule has 2 N–H and O–H groups in total. The molecule has 1 unspecified atom stereocenters. The molecule has 26 heavy (non-hydrogen) atoms. The average molecular weight is 363 g/mol. The molecule has 0 aliphatic carbocycles. The van der Waals surface area contributed by atoms with Gasteiger partial charge in [0.2, 0.25) is 0 Å². The van der Waals surface area contributed by atoms with E-state index in [1.54, 1.807) is 14.2 Å². The summed E-state index contributed by atoms with van der Waals surface area (Å²) in [5.41, 5.74) is 0.919. The quantitative estimate of drug-likeness (QED) is 0.549. The molecule has 0 spiro atoms. The Morgan fingerprint density at radius 2 is 2.00 bits per heavy atom. The van der Waals surface area contributed by atoms with Crippen LogP contribution in [0.1, 0.15) is 33.1 Å². The van der Waals surface area contributed by atoms with Gasteiger partial charge in [-0.15, -0.1) is 0 Å². The first-order chi connectivity index (χ1) is 12.7. The van der Waals surface area contributed by atoms with E-state index in [0.717, 1.165) is 30.5 Å². The summed E-state index contributed by atoms with van der Waals surface area (Å²) in [5.74, 6) is 2.80. The van der Waals surface area contributed by atoms with Crippen molar-refractivity contribution in [3.63, 3.8) is 0 Å². The smallest absolute Gasteiger partial charge is 0.195 e. The highest BCUT2D eigenvalue weighted by molar-refractivity contribution is 5.93. The van der Waals surface area contributed by atoms with Crippen molar-refractivity contribution < 1.29 is 9.47 Å². The van der Waals surface area contributed by atoms with Gasteiger partial charge in [0, 0.05) is 31.9 Å². The minimum Gasteiger partial charge on any atom is -0.493 e. The molecule has 0 saturated carbocycles. The summed E-state index contributed by atoms with van der Waals surface area (Å²) in [6, 6.07) is 5.81. The van der Waals surface area contributed by atoms with Crippen LogP contribution in [0.5, 0.6) is 11.5 Å². The molecule has 1 aromatic carbocycles. The van der Waals surface area contributed by atoms with Gasteiger partial charge in [-0.1, -0.05) is 13.3 Å². The zero-order valence-electron chi connectivity index (χ0n) is 16.7. The fourth-order valence-corrected chi connectivity index (χ4v) is 3.25. The number of anilines is 1. The minimum absolute atomic E-state index is 0.571. The van der Waals surface area contributed by atoms with Gasteiger partial charge in [0.25, 0.3) is 0 Å². The monoisotopic (exact) mass is 362 g/mol. The first-order valence-electron chi connectivity index (χ1n) is 9.67. The lowest BCUT2D eigenvalue weighted by molar-refractivity contribution is 0.201. The number of likely N-dealkylation sites (tertiary alicyclic amines) is 1. The highest BCUT2D eigenvalue weighted by atomic mass is 16.5. The van der Waals surface area contributed by atoms with Gasteiger partial charge in [0.1, 0.15) is 0 Å². The van der Waals surface area contributed by atoms with E-state index in [9.17, 15) is 0 Å². The van der Waals surface area contributed by atoms with Gasteiger partial charge in [-0.3, -0.25) is 4.99 Å². The first-order valence-corrected chi connectivity index (χ1v) is 9.67. The Morgan fingerprint density at radius 3 is 2.65 bits per heavy atom. The number of piperidine rings is 1. The van der Waals surface area contributed by atoms with Gasteiger partial charge < -0.3 is 25.0 Å². The lowest BCUT2D eigenvalue weighted by atomic mass is 10.1. The average Bonchev–Trinajstić information content (AvgIpc) is 2.67. The van der Waals surface area contributed by atoms with E-state index < -0.39 is 0 Å². The molecule has 1 fully saturated rings. The Balaban J connectivity index is 1.84. The van der Waals surface area contributed by atoms with Crippen molar-refractivity contribution in [2.75, 3.05) is 52.3 Å². The van der Waals surface area contributed by atoms with Crippen LogP contribution in [-0.2, 0) is 0 Å². The van der Waals surface area contributed by atoms with Crippen LogP contribution in [0.3, 0.4) is 0 Å². The molecule has 146 valence electrons. The van der Waals surface area contributed by atoms with Gasteiger partial charge in [0.15, 0.2) is 17.5 Å². The van der Waals surface area contributed by atoms with Crippen LogP contribution in [-0.4, -0.2) is 57.8 Å². The molecule has 6 nitrogen and oxygen atoms in total. The minimum atomic E-state index is 0.571. The highest BCUT2D eigenvalue weighted by Crippen LogP contribution is 2.30. The third kappa shape index (κ3) is 6.41. The predicted molar refractivity (Wildman–Crippen MR) is 109 cm³/mol. The molecule has 1 heterocycles. The number of nitrogens with one attached hydrogen (secondary N) is 2. The predicted octanol–water partition coefficient (Wildman–Crippen LogP) is 3.20. The SMILES string of the molecule is CCOc1ccc(NC(=NC)NCC(C)CN2CCCCC2)cc1OC. The van der Waals surface area contributed by atoms with Crippen molar-refractivity contribution in [1.29, 1.82) is 0 Å². The Morgan fingerprint density at radius 1 is 1.23 bits per heavy atom. The van der Waals surface area contributed by atoms with E-state index in [1.807, 2.05) is 25.1 Å². The molecule has 1 aliphatic rings. The number of hydrogen-bond donors (Lipinski definition) is 2. The highest BCUT2D eigenvalue weighted by Gasteiger charge is 2.14. The van der Waals surface area contributed by atoms with Crippen molar-refractivity contribution in [2.24, 2.45) is 10.9 Å². The van der Waals surface area contributed by atoms with Gasteiger partial charge in [-0.25, -0.2) is 0 Å². The van der Waals surface area contributed by atoms with Crippen molar-refractivity contribution in [1.82, 2.24) is 10.2 Å². The lowest BCUT2D eigenvalue weighted by Gasteiger charge is -2.29. The largest absolute Gasteiger partial charge is 0.493 e. The summed E-state index contributed by atoms with van der Waals surface area (Å²) in [5, 5.41) is 6.75. The zero-order chi connectivity index (χ0) is 18.8. The Hall–Kier alpha value is -1.95. The summed E-state index contributed by atoms with van der Waals surface area (Å²) in [6.07, 6.45) is 4.05. The third-order valence-corrected chi connectivity index (χ3v) is 4.59. The molecule has 0 amide bonds. The van der Waals surface area contributed by atoms with Crippen LogP contribution >= 0.6 is 0 Å². The number of hydrogen-bond acceptors (Lipinski definition) is 4. The van der Waals surface area contributed by atoms with E-state index in [1.165, 1.54) is 32.4 Å². The zero-order valence-corrected chi connectivity index (χ0v) is 16.7. The summed E-state index contributed by atoms with van der Waals surface area (Å²) in [7, 11) is 3.44. The van der Waals surface area contributed by atoms with Gasteiger partial charge >= 0.3 is 0 Å². The topological polar surface area (TPSA) is 58.1 Å².